The molecule has 0 amide bonds. The van der Waals surface area contributed by atoms with Gasteiger partial charge >= 0.3 is 0 Å². The molecule has 0 fully saturated rings. The molecule has 1 aromatic rings. The minimum Gasteiger partial charge on any atom is -0.409 e. The van der Waals surface area contributed by atoms with Crippen LogP contribution in [0.1, 0.15) is 24.5 Å². The van der Waals surface area contributed by atoms with Gasteiger partial charge in [0.1, 0.15) is 0 Å². The molecule has 0 aliphatic rings. The van der Waals surface area contributed by atoms with E-state index in [-0.39, 0.29) is 5.84 Å². The van der Waals surface area contributed by atoms with Gasteiger partial charge in [0, 0.05) is 17.1 Å². The predicted molar refractivity (Wildman–Crippen MR) is 66.0 cm³/mol. The quantitative estimate of drug-likeness (QED) is 0.243. The number of nitrogens with two attached hydrogens (primary N) is 1. The Bertz CT molecular complexity index is 379. The summed E-state index contributed by atoms with van der Waals surface area (Å²) in [5.41, 5.74) is 7.08. The molecule has 0 aliphatic carbocycles. The van der Waals surface area contributed by atoms with E-state index < -0.39 is 0 Å². The summed E-state index contributed by atoms with van der Waals surface area (Å²) >= 11 is 6.08. The van der Waals surface area contributed by atoms with Gasteiger partial charge in [0.05, 0.1) is 0 Å². The zero-order valence-electron chi connectivity index (χ0n) is 9.20. The van der Waals surface area contributed by atoms with E-state index in [1.54, 1.807) is 12.1 Å². The number of hydrogen-bond acceptors (Lipinski definition) is 3. The second kappa shape index (κ2) is 6.35. The Balaban J connectivity index is 2.75. The largest absolute Gasteiger partial charge is 0.409 e. The minimum absolute atomic E-state index is 0.0648. The summed E-state index contributed by atoms with van der Waals surface area (Å²) < 4.78 is 0. The normalized spacial score (nSPS) is 11.8. The first-order valence-electron chi connectivity index (χ1n) is 5.16. The second-order valence-corrected chi connectivity index (χ2v) is 3.88. The standard InChI is InChI=1S/C11H16ClN3O/c1-2-5-14-7-9-4-3-8(6-10(9)12)11(13)15-16/h3-4,6,14,16H,2,5,7H2,1H3,(H2,13,15). The summed E-state index contributed by atoms with van der Waals surface area (Å²) in [5.74, 6) is 0.0648. The van der Waals surface area contributed by atoms with E-state index in [1.807, 2.05) is 6.07 Å². The van der Waals surface area contributed by atoms with Crippen molar-refractivity contribution in [1.82, 2.24) is 5.32 Å². The lowest BCUT2D eigenvalue weighted by Gasteiger charge is -2.07. The minimum atomic E-state index is 0.0648. The van der Waals surface area contributed by atoms with Crippen molar-refractivity contribution in [2.75, 3.05) is 6.54 Å². The topological polar surface area (TPSA) is 70.6 Å². The molecule has 4 nitrogen and oxygen atoms in total. The van der Waals surface area contributed by atoms with Crippen molar-refractivity contribution in [2.24, 2.45) is 10.9 Å². The van der Waals surface area contributed by atoms with Crippen LogP contribution in [0.3, 0.4) is 0 Å². The van der Waals surface area contributed by atoms with Crippen molar-refractivity contribution in [3.8, 4) is 0 Å². The van der Waals surface area contributed by atoms with E-state index >= 15 is 0 Å². The molecule has 0 saturated carbocycles. The number of oxime groups is 1. The third kappa shape index (κ3) is 3.40. The third-order valence-electron chi connectivity index (χ3n) is 2.20. The zero-order chi connectivity index (χ0) is 12.0. The zero-order valence-corrected chi connectivity index (χ0v) is 9.96. The molecule has 1 aromatic carbocycles. The van der Waals surface area contributed by atoms with Crippen LogP contribution in [-0.2, 0) is 6.54 Å². The summed E-state index contributed by atoms with van der Waals surface area (Å²) in [7, 11) is 0. The van der Waals surface area contributed by atoms with Crippen molar-refractivity contribution in [3.05, 3.63) is 34.3 Å². The van der Waals surface area contributed by atoms with Gasteiger partial charge in [0.25, 0.3) is 0 Å². The molecule has 0 bridgehead atoms. The average molecular weight is 242 g/mol. The first-order chi connectivity index (χ1) is 7.69. The molecule has 1 rings (SSSR count). The SMILES string of the molecule is CCCNCc1ccc(/C(N)=N/O)cc1Cl. The van der Waals surface area contributed by atoms with Crippen LogP contribution in [0.2, 0.25) is 5.02 Å². The van der Waals surface area contributed by atoms with Crippen molar-refractivity contribution in [2.45, 2.75) is 19.9 Å². The van der Waals surface area contributed by atoms with E-state index in [4.69, 9.17) is 22.5 Å². The van der Waals surface area contributed by atoms with Crippen LogP contribution >= 0.6 is 11.6 Å². The molecule has 0 saturated heterocycles. The average Bonchev–Trinajstić information content (AvgIpc) is 2.30. The first kappa shape index (κ1) is 12.8. The highest BCUT2D eigenvalue weighted by Gasteiger charge is 2.04. The van der Waals surface area contributed by atoms with Crippen molar-refractivity contribution < 1.29 is 5.21 Å². The molecule has 0 spiro atoms. The summed E-state index contributed by atoms with van der Waals surface area (Å²) in [6.07, 6.45) is 1.08. The van der Waals surface area contributed by atoms with Crippen LogP contribution in [0.25, 0.3) is 0 Å². The lowest BCUT2D eigenvalue weighted by atomic mass is 10.1. The van der Waals surface area contributed by atoms with E-state index in [2.05, 4.69) is 17.4 Å². The van der Waals surface area contributed by atoms with Crippen molar-refractivity contribution >= 4 is 17.4 Å². The Labute approximate surface area is 100 Å². The molecule has 16 heavy (non-hydrogen) atoms. The van der Waals surface area contributed by atoms with Crippen molar-refractivity contribution in [3.63, 3.8) is 0 Å². The fraction of sp³-hybridized carbons (Fsp3) is 0.364. The van der Waals surface area contributed by atoms with Crippen LogP contribution in [0, 0.1) is 0 Å². The van der Waals surface area contributed by atoms with Gasteiger partial charge in [0.2, 0.25) is 0 Å². The summed E-state index contributed by atoms with van der Waals surface area (Å²) in [5, 5.41) is 15.3. The van der Waals surface area contributed by atoms with Crippen LogP contribution < -0.4 is 11.1 Å². The van der Waals surface area contributed by atoms with Gasteiger partial charge in [-0.2, -0.15) is 0 Å². The van der Waals surface area contributed by atoms with Crippen LogP contribution in [0.15, 0.2) is 23.4 Å². The van der Waals surface area contributed by atoms with Gasteiger partial charge in [-0.25, -0.2) is 0 Å². The Kier molecular flexibility index (Phi) is 5.08. The molecule has 4 N–H and O–H groups in total. The highest BCUT2D eigenvalue weighted by Crippen LogP contribution is 2.17. The van der Waals surface area contributed by atoms with Crippen LogP contribution in [0.5, 0.6) is 0 Å². The smallest absolute Gasteiger partial charge is 0.170 e. The highest BCUT2D eigenvalue weighted by molar-refractivity contribution is 6.31. The molecule has 5 heteroatoms. The van der Waals surface area contributed by atoms with Gasteiger partial charge in [-0.05, 0) is 24.6 Å². The monoisotopic (exact) mass is 241 g/mol. The molecule has 0 aromatic heterocycles. The maximum Gasteiger partial charge on any atom is 0.170 e. The van der Waals surface area contributed by atoms with E-state index in [0.29, 0.717) is 10.6 Å². The molecule has 88 valence electrons. The molecule has 0 radical (unpaired) electrons. The molecule has 0 unspecified atom stereocenters. The number of benzene rings is 1. The summed E-state index contributed by atoms with van der Waals surface area (Å²) in [6.45, 7) is 3.79. The maximum absolute atomic E-state index is 8.53. The fourth-order valence-electron chi connectivity index (χ4n) is 1.31. The Hall–Kier alpha value is -1.26. The number of nitrogens with zero attached hydrogens (tertiary/aromatic N) is 1. The predicted octanol–water partition coefficient (Wildman–Crippen LogP) is 1.93. The van der Waals surface area contributed by atoms with Gasteiger partial charge in [0.15, 0.2) is 5.84 Å². The molecule has 0 aliphatic heterocycles. The number of hydrogen-bond donors (Lipinski definition) is 3. The van der Waals surface area contributed by atoms with Crippen molar-refractivity contribution in [1.29, 1.82) is 0 Å². The lowest BCUT2D eigenvalue weighted by molar-refractivity contribution is 0.318. The molecular formula is C11H16ClN3O. The highest BCUT2D eigenvalue weighted by atomic mass is 35.5. The Morgan fingerprint density at radius 2 is 2.31 bits per heavy atom. The summed E-state index contributed by atoms with van der Waals surface area (Å²) in [4.78, 5) is 0. The first-order valence-corrected chi connectivity index (χ1v) is 5.54. The number of halogens is 1. The molecule has 0 atom stereocenters. The van der Waals surface area contributed by atoms with Gasteiger partial charge < -0.3 is 16.3 Å². The van der Waals surface area contributed by atoms with E-state index in [1.165, 1.54) is 0 Å². The fourth-order valence-corrected chi connectivity index (χ4v) is 1.55. The van der Waals surface area contributed by atoms with Crippen LogP contribution in [-0.4, -0.2) is 17.6 Å². The van der Waals surface area contributed by atoms with Gasteiger partial charge in [-0.1, -0.05) is 35.8 Å². The molecule has 0 heterocycles. The number of rotatable bonds is 5. The van der Waals surface area contributed by atoms with Crippen LogP contribution in [0.4, 0.5) is 0 Å². The van der Waals surface area contributed by atoms with E-state index in [0.717, 1.165) is 25.1 Å². The second-order valence-electron chi connectivity index (χ2n) is 3.47. The Morgan fingerprint density at radius 3 is 2.88 bits per heavy atom. The lowest BCUT2D eigenvalue weighted by Crippen LogP contribution is -2.16. The van der Waals surface area contributed by atoms with Gasteiger partial charge in [-0.3, -0.25) is 0 Å². The van der Waals surface area contributed by atoms with Gasteiger partial charge in [-0.15, -0.1) is 0 Å². The number of nitrogens with one attached hydrogen (secondary N) is 1. The van der Waals surface area contributed by atoms with E-state index in [9.17, 15) is 0 Å². The Morgan fingerprint density at radius 1 is 1.56 bits per heavy atom. The maximum atomic E-state index is 8.53. The molecular weight excluding hydrogens is 226 g/mol. The number of amidine groups is 1. The third-order valence-corrected chi connectivity index (χ3v) is 2.55. The summed E-state index contributed by atoms with van der Waals surface area (Å²) in [6, 6.07) is 5.35.